The average molecular weight is 544 g/mol. The fourth-order valence-electron chi connectivity index (χ4n) is 4.66. The van der Waals surface area contributed by atoms with Crippen LogP contribution in [-0.2, 0) is 27.3 Å². The minimum Gasteiger partial charge on any atom is -0.447 e. The number of hydrogen-bond donors (Lipinski definition) is 3. The Kier molecular flexibility index (Phi) is 10.9. The standard InChI is InChI=1S/C28H38ClN5O4/c1-2-21-9-11-23(12-10-21)32-27(37)38-19-28(34(20-35)18-22-6-3-4-7-24(22)29)13-16-33(17-14-28)26(36)25(31)8-5-15-30/h3-4,6-7,9-12,20,25H,2,5,8,13-19,30-31H2,1H3,(H,32,37). The smallest absolute Gasteiger partial charge is 0.411 e. The van der Waals surface area contributed by atoms with Gasteiger partial charge in [0, 0.05) is 30.3 Å². The summed E-state index contributed by atoms with van der Waals surface area (Å²) in [5.41, 5.74) is 13.4. The number of anilines is 1. The molecular formula is C28H38ClN5O4. The Labute approximate surface area is 229 Å². The number of aryl methyl sites for hydroxylation is 1. The zero-order valence-electron chi connectivity index (χ0n) is 21.9. The summed E-state index contributed by atoms with van der Waals surface area (Å²) in [4.78, 5) is 41.3. The van der Waals surface area contributed by atoms with Gasteiger partial charge >= 0.3 is 6.09 Å². The van der Waals surface area contributed by atoms with Crippen molar-refractivity contribution in [2.75, 3.05) is 31.6 Å². The number of nitrogens with one attached hydrogen (secondary N) is 1. The summed E-state index contributed by atoms with van der Waals surface area (Å²) in [6, 6.07) is 14.2. The molecule has 0 saturated carbocycles. The summed E-state index contributed by atoms with van der Waals surface area (Å²) in [5.74, 6) is -0.134. The Morgan fingerprint density at radius 1 is 1.18 bits per heavy atom. The number of amides is 3. The van der Waals surface area contributed by atoms with E-state index in [1.165, 1.54) is 0 Å². The maximum atomic E-state index is 12.9. The van der Waals surface area contributed by atoms with Crippen LogP contribution < -0.4 is 16.8 Å². The van der Waals surface area contributed by atoms with Gasteiger partial charge < -0.3 is 26.0 Å². The second kappa shape index (κ2) is 14.1. The van der Waals surface area contributed by atoms with Crippen LogP contribution >= 0.6 is 11.6 Å². The molecule has 10 heteroatoms. The molecule has 3 amide bonds. The number of ether oxygens (including phenoxy) is 1. The number of nitrogens with two attached hydrogens (primary N) is 2. The fourth-order valence-corrected chi connectivity index (χ4v) is 4.85. The second-order valence-corrected chi connectivity index (χ2v) is 10.1. The zero-order chi connectivity index (χ0) is 27.5. The van der Waals surface area contributed by atoms with Crippen LogP contribution in [0.3, 0.4) is 0 Å². The SMILES string of the molecule is CCc1ccc(NC(=O)OCC2(N(C=O)Cc3ccccc3Cl)CCN(C(=O)C(N)CCCN)CC2)cc1. The number of likely N-dealkylation sites (tertiary alicyclic amines) is 1. The predicted molar refractivity (Wildman–Crippen MR) is 149 cm³/mol. The number of hydrogen-bond acceptors (Lipinski definition) is 6. The molecule has 0 spiro atoms. The van der Waals surface area contributed by atoms with Gasteiger partial charge in [0.1, 0.15) is 6.61 Å². The summed E-state index contributed by atoms with van der Waals surface area (Å²) in [6.45, 7) is 3.51. The second-order valence-electron chi connectivity index (χ2n) is 9.66. The van der Waals surface area contributed by atoms with Gasteiger partial charge in [0.05, 0.1) is 11.6 Å². The molecule has 2 aromatic carbocycles. The predicted octanol–water partition coefficient (Wildman–Crippen LogP) is 3.54. The van der Waals surface area contributed by atoms with Gasteiger partial charge in [-0.2, -0.15) is 0 Å². The molecule has 206 valence electrons. The molecule has 1 saturated heterocycles. The van der Waals surface area contributed by atoms with Crippen molar-refractivity contribution in [2.24, 2.45) is 11.5 Å². The molecule has 0 aliphatic carbocycles. The topological polar surface area (TPSA) is 131 Å². The van der Waals surface area contributed by atoms with Crippen LogP contribution in [0.25, 0.3) is 0 Å². The maximum Gasteiger partial charge on any atom is 0.411 e. The molecule has 1 heterocycles. The van der Waals surface area contributed by atoms with Crippen LogP contribution in [-0.4, -0.2) is 66.0 Å². The number of nitrogens with zero attached hydrogens (tertiary/aromatic N) is 2. The van der Waals surface area contributed by atoms with Crippen LogP contribution in [0, 0.1) is 0 Å². The van der Waals surface area contributed by atoms with Crippen LogP contribution in [0.15, 0.2) is 48.5 Å². The minimum absolute atomic E-state index is 0.0314. The molecule has 9 nitrogen and oxygen atoms in total. The molecule has 0 radical (unpaired) electrons. The monoisotopic (exact) mass is 543 g/mol. The van der Waals surface area contributed by atoms with Gasteiger partial charge in [-0.15, -0.1) is 0 Å². The first-order chi connectivity index (χ1) is 18.3. The molecule has 1 fully saturated rings. The van der Waals surface area contributed by atoms with Gasteiger partial charge in [0.15, 0.2) is 0 Å². The first kappa shape index (κ1) is 29.4. The highest BCUT2D eigenvalue weighted by Crippen LogP contribution is 2.32. The molecule has 3 rings (SSSR count). The minimum atomic E-state index is -0.817. The number of carbonyl (C=O) groups is 3. The number of piperidine rings is 1. The largest absolute Gasteiger partial charge is 0.447 e. The molecule has 1 atom stereocenters. The molecule has 2 aromatic rings. The number of carbonyl (C=O) groups excluding carboxylic acids is 3. The van der Waals surface area contributed by atoms with E-state index in [9.17, 15) is 14.4 Å². The molecule has 5 N–H and O–H groups in total. The molecule has 0 bridgehead atoms. The normalized spacial score (nSPS) is 15.4. The molecule has 1 aliphatic heterocycles. The van der Waals surface area contributed by atoms with E-state index in [0.717, 1.165) is 24.0 Å². The lowest BCUT2D eigenvalue weighted by Crippen LogP contribution is -2.59. The van der Waals surface area contributed by atoms with E-state index in [0.29, 0.717) is 56.0 Å². The third-order valence-corrected chi connectivity index (χ3v) is 7.53. The summed E-state index contributed by atoms with van der Waals surface area (Å²) in [5, 5.41) is 3.29. The van der Waals surface area contributed by atoms with Gasteiger partial charge in [-0.05, 0) is 68.0 Å². The summed E-state index contributed by atoms with van der Waals surface area (Å²) < 4.78 is 5.67. The van der Waals surface area contributed by atoms with Crippen molar-refractivity contribution >= 4 is 35.7 Å². The van der Waals surface area contributed by atoms with Crippen LogP contribution in [0.1, 0.15) is 43.7 Å². The number of benzene rings is 2. The Morgan fingerprint density at radius 3 is 2.47 bits per heavy atom. The quantitative estimate of drug-likeness (QED) is 0.351. The highest BCUT2D eigenvalue weighted by atomic mass is 35.5. The third kappa shape index (κ3) is 7.69. The van der Waals surface area contributed by atoms with Crippen molar-refractivity contribution in [1.82, 2.24) is 9.80 Å². The van der Waals surface area contributed by atoms with Crippen molar-refractivity contribution in [1.29, 1.82) is 0 Å². The number of halogens is 1. The van der Waals surface area contributed by atoms with Gasteiger partial charge in [0.25, 0.3) is 0 Å². The van der Waals surface area contributed by atoms with E-state index in [2.05, 4.69) is 12.2 Å². The van der Waals surface area contributed by atoms with Crippen molar-refractivity contribution in [2.45, 2.75) is 57.2 Å². The van der Waals surface area contributed by atoms with Crippen LogP contribution in [0.2, 0.25) is 5.02 Å². The lowest BCUT2D eigenvalue weighted by Gasteiger charge is -2.47. The highest BCUT2D eigenvalue weighted by Gasteiger charge is 2.42. The van der Waals surface area contributed by atoms with Crippen molar-refractivity contribution in [3.63, 3.8) is 0 Å². The van der Waals surface area contributed by atoms with E-state index in [4.69, 9.17) is 27.8 Å². The molecule has 1 aliphatic rings. The van der Waals surface area contributed by atoms with E-state index in [-0.39, 0.29) is 19.1 Å². The molecule has 1 unspecified atom stereocenters. The lowest BCUT2D eigenvalue weighted by molar-refractivity contribution is -0.139. The van der Waals surface area contributed by atoms with Crippen molar-refractivity contribution < 1.29 is 19.1 Å². The fraction of sp³-hybridized carbons (Fsp3) is 0.464. The van der Waals surface area contributed by atoms with Gasteiger partial charge in [0.2, 0.25) is 12.3 Å². The molecule has 38 heavy (non-hydrogen) atoms. The lowest BCUT2D eigenvalue weighted by atomic mass is 9.85. The Hall–Kier alpha value is -3.14. The van der Waals surface area contributed by atoms with Gasteiger partial charge in [-0.3, -0.25) is 14.9 Å². The Morgan fingerprint density at radius 2 is 1.87 bits per heavy atom. The zero-order valence-corrected chi connectivity index (χ0v) is 22.7. The van der Waals surface area contributed by atoms with E-state index in [1.54, 1.807) is 15.9 Å². The van der Waals surface area contributed by atoms with E-state index in [1.807, 2.05) is 42.5 Å². The van der Waals surface area contributed by atoms with Crippen LogP contribution in [0.5, 0.6) is 0 Å². The summed E-state index contributed by atoms with van der Waals surface area (Å²) >= 11 is 6.38. The summed E-state index contributed by atoms with van der Waals surface area (Å²) in [6.07, 6.45) is 3.09. The average Bonchev–Trinajstić information content (AvgIpc) is 2.94. The third-order valence-electron chi connectivity index (χ3n) is 7.16. The van der Waals surface area contributed by atoms with Crippen LogP contribution in [0.4, 0.5) is 10.5 Å². The van der Waals surface area contributed by atoms with E-state index >= 15 is 0 Å². The Balaban J connectivity index is 1.73. The molecular weight excluding hydrogens is 506 g/mol. The first-order valence-corrected chi connectivity index (χ1v) is 13.4. The number of rotatable bonds is 12. The maximum absolute atomic E-state index is 12.9. The molecule has 0 aromatic heterocycles. The van der Waals surface area contributed by atoms with Crippen molar-refractivity contribution in [3.05, 3.63) is 64.7 Å². The van der Waals surface area contributed by atoms with E-state index < -0.39 is 17.7 Å². The van der Waals surface area contributed by atoms with Gasteiger partial charge in [-0.25, -0.2) is 4.79 Å². The summed E-state index contributed by atoms with van der Waals surface area (Å²) in [7, 11) is 0. The van der Waals surface area contributed by atoms with Gasteiger partial charge in [-0.1, -0.05) is 48.9 Å². The Bertz CT molecular complexity index is 1070. The van der Waals surface area contributed by atoms with Crippen molar-refractivity contribution in [3.8, 4) is 0 Å². The highest BCUT2D eigenvalue weighted by molar-refractivity contribution is 6.31. The first-order valence-electron chi connectivity index (χ1n) is 13.0.